The van der Waals surface area contributed by atoms with Gasteiger partial charge in [-0.2, -0.15) is 0 Å². The van der Waals surface area contributed by atoms with Crippen molar-refractivity contribution in [1.29, 1.82) is 0 Å². The zero-order valence-corrected chi connectivity index (χ0v) is 16.3. The zero-order chi connectivity index (χ0) is 18.2. The first-order valence-corrected chi connectivity index (χ1v) is 10.3. The largest absolute Gasteiger partial charge is 0.491 e. The van der Waals surface area contributed by atoms with Crippen LogP contribution in [0.2, 0.25) is 0 Å². The van der Waals surface area contributed by atoms with Crippen LogP contribution in [0.3, 0.4) is 0 Å². The van der Waals surface area contributed by atoms with E-state index < -0.39 is 0 Å². The maximum atomic E-state index is 5.40. The molecular weight excluding hydrogens is 320 g/mol. The lowest BCUT2D eigenvalue weighted by molar-refractivity contribution is 0.252. The first-order chi connectivity index (χ1) is 12.8. The van der Waals surface area contributed by atoms with Gasteiger partial charge in [-0.3, -0.25) is 0 Å². The molecule has 0 N–H and O–H groups in total. The molecule has 1 heterocycles. The smallest absolute Gasteiger partial charge is 0.159 e. The first kappa shape index (κ1) is 18.9. The quantitative estimate of drug-likeness (QED) is 0.577. The van der Waals surface area contributed by atoms with Crippen LogP contribution < -0.4 is 4.74 Å². The zero-order valence-electron chi connectivity index (χ0n) is 16.3. The van der Waals surface area contributed by atoms with Crippen molar-refractivity contribution in [3.8, 4) is 17.1 Å². The molecule has 0 atom stereocenters. The maximum Gasteiger partial charge on any atom is 0.159 e. The molecule has 2 aromatic rings. The van der Waals surface area contributed by atoms with Gasteiger partial charge >= 0.3 is 0 Å². The highest BCUT2D eigenvalue weighted by Gasteiger charge is 2.20. The minimum atomic E-state index is 0.637. The second kappa shape index (κ2) is 9.70. The van der Waals surface area contributed by atoms with E-state index in [1.807, 2.05) is 6.92 Å². The Labute approximate surface area is 158 Å². The molecule has 0 amide bonds. The van der Waals surface area contributed by atoms with Crippen LogP contribution in [-0.2, 0) is 6.42 Å². The lowest BCUT2D eigenvalue weighted by atomic mass is 9.78. The van der Waals surface area contributed by atoms with Crippen molar-refractivity contribution in [2.45, 2.75) is 65.2 Å². The summed E-state index contributed by atoms with van der Waals surface area (Å²) in [6.45, 7) is 4.91. The molecule has 0 bridgehead atoms. The van der Waals surface area contributed by atoms with Crippen LogP contribution in [0.25, 0.3) is 11.4 Å². The van der Waals surface area contributed by atoms with Gasteiger partial charge in [0.2, 0.25) is 0 Å². The van der Waals surface area contributed by atoms with Gasteiger partial charge in [0.05, 0.1) is 19.0 Å². The maximum absolute atomic E-state index is 5.40. The van der Waals surface area contributed by atoms with E-state index in [1.54, 1.807) is 12.4 Å². The first-order valence-electron chi connectivity index (χ1n) is 10.3. The molecular formula is C23H32N2O. The predicted octanol–water partition coefficient (Wildman–Crippen LogP) is 6.08. The third-order valence-electron chi connectivity index (χ3n) is 5.66. The Kier molecular flexibility index (Phi) is 7.04. The predicted molar refractivity (Wildman–Crippen MR) is 107 cm³/mol. The third-order valence-corrected chi connectivity index (χ3v) is 5.66. The molecule has 0 spiro atoms. The fourth-order valence-corrected chi connectivity index (χ4v) is 4.11. The van der Waals surface area contributed by atoms with Crippen LogP contribution >= 0.6 is 0 Å². The van der Waals surface area contributed by atoms with Gasteiger partial charge in [0.1, 0.15) is 0 Å². The monoisotopic (exact) mass is 352 g/mol. The lowest BCUT2D eigenvalue weighted by Gasteiger charge is -2.28. The van der Waals surface area contributed by atoms with Gasteiger partial charge in [-0.1, -0.05) is 69.7 Å². The molecule has 1 saturated carbocycles. The molecule has 26 heavy (non-hydrogen) atoms. The van der Waals surface area contributed by atoms with Crippen LogP contribution in [0.4, 0.5) is 0 Å². The van der Waals surface area contributed by atoms with Gasteiger partial charge in [-0.15, -0.1) is 0 Å². The second-order valence-corrected chi connectivity index (χ2v) is 7.59. The standard InChI is InChI=1S/C23H32N2O/c1-3-5-18-6-8-19(9-7-18)10-11-20-12-14-21(15-13-20)23-24-16-22(17-25-23)26-4-2/h12-19H,3-11H2,1-2H3. The summed E-state index contributed by atoms with van der Waals surface area (Å²) >= 11 is 0. The van der Waals surface area contributed by atoms with Gasteiger partial charge in [0.15, 0.2) is 11.6 Å². The van der Waals surface area contributed by atoms with E-state index in [1.165, 1.54) is 56.9 Å². The molecule has 140 valence electrons. The molecule has 1 fully saturated rings. The van der Waals surface area contributed by atoms with Crippen molar-refractivity contribution >= 4 is 0 Å². The summed E-state index contributed by atoms with van der Waals surface area (Å²) in [5, 5.41) is 0. The Bertz CT molecular complexity index is 643. The van der Waals surface area contributed by atoms with Crippen LogP contribution in [0.15, 0.2) is 36.7 Å². The molecule has 0 saturated heterocycles. The van der Waals surface area contributed by atoms with Crippen molar-refractivity contribution in [3.05, 3.63) is 42.2 Å². The minimum Gasteiger partial charge on any atom is -0.491 e. The summed E-state index contributed by atoms with van der Waals surface area (Å²) in [6, 6.07) is 8.75. The molecule has 3 rings (SSSR count). The molecule has 1 aliphatic carbocycles. The highest BCUT2D eigenvalue weighted by atomic mass is 16.5. The Balaban J connectivity index is 1.49. The Morgan fingerprint density at radius 3 is 2.08 bits per heavy atom. The molecule has 1 aliphatic rings. The SMILES string of the molecule is CCCC1CCC(CCc2ccc(-c3ncc(OCC)cn3)cc2)CC1. The van der Waals surface area contributed by atoms with Gasteiger partial charge in [0.25, 0.3) is 0 Å². The second-order valence-electron chi connectivity index (χ2n) is 7.59. The molecule has 0 unspecified atom stereocenters. The van der Waals surface area contributed by atoms with Gasteiger partial charge in [0, 0.05) is 5.56 Å². The number of benzene rings is 1. The van der Waals surface area contributed by atoms with Crippen molar-refractivity contribution in [1.82, 2.24) is 9.97 Å². The molecule has 1 aromatic heterocycles. The normalized spacial score (nSPS) is 20.1. The Morgan fingerprint density at radius 1 is 0.885 bits per heavy atom. The Hall–Kier alpha value is -1.90. The van der Waals surface area contributed by atoms with Crippen LogP contribution in [0.5, 0.6) is 5.75 Å². The van der Waals surface area contributed by atoms with E-state index in [0.717, 1.165) is 29.0 Å². The van der Waals surface area contributed by atoms with Gasteiger partial charge in [-0.25, -0.2) is 9.97 Å². The van der Waals surface area contributed by atoms with E-state index in [4.69, 9.17) is 4.74 Å². The number of hydrogen-bond acceptors (Lipinski definition) is 3. The highest BCUT2D eigenvalue weighted by molar-refractivity contribution is 5.55. The number of rotatable bonds is 8. The Morgan fingerprint density at radius 2 is 1.50 bits per heavy atom. The average molecular weight is 353 g/mol. The van der Waals surface area contributed by atoms with E-state index in [0.29, 0.717) is 6.61 Å². The topological polar surface area (TPSA) is 35.0 Å². The van der Waals surface area contributed by atoms with Gasteiger partial charge in [-0.05, 0) is 37.2 Å². The number of aromatic nitrogens is 2. The summed E-state index contributed by atoms with van der Waals surface area (Å²) < 4.78 is 5.40. The number of aryl methyl sites for hydroxylation is 1. The summed E-state index contributed by atoms with van der Waals surface area (Å²) in [5.74, 6) is 3.41. The van der Waals surface area contributed by atoms with E-state index >= 15 is 0 Å². The summed E-state index contributed by atoms with van der Waals surface area (Å²) in [6.07, 6.45) is 14.6. The molecule has 3 nitrogen and oxygen atoms in total. The van der Waals surface area contributed by atoms with Crippen LogP contribution in [0.1, 0.15) is 64.4 Å². The van der Waals surface area contributed by atoms with Crippen molar-refractivity contribution in [2.75, 3.05) is 6.61 Å². The summed E-state index contributed by atoms with van der Waals surface area (Å²) in [4.78, 5) is 8.81. The molecule has 0 radical (unpaired) electrons. The van der Waals surface area contributed by atoms with Crippen molar-refractivity contribution < 1.29 is 4.74 Å². The summed E-state index contributed by atoms with van der Waals surface area (Å²) in [5.41, 5.74) is 2.49. The van der Waals surface area contributed by atoms with Gasteiger partial charge < -0.3 is 4.74 Å². The van der Waals surface area contributed by atoms with E-state index in [2.05, 4.69) is 41.2 Å². The number of hydrogen-bond donors (Lipinski definition) is 0. The molecule has 0 aliphatic heterocycles. The highest BCUT2D eigenvalue weighted by Crippen LogP contribution is 2.33. The van der Waals surface area contributed by atoms with Crippen molar-refractivity contribution in [3.63, 3.8) is 0 Å². The fourth-order valence-electron chi connectivity index (χ4n) is 4.11. The minimum absolute atomic E-state index is 0.637. The van der Waals surface area contributed by atoms with E-state index in [-0.39, 0.29) is 0 Å². The summed E-state index contributed by atoms with van der Waals surface area (Å²) in [7, 11) is 0. The van der Waals surface area contributed by atoms with E-state index in [9.17, 15) is 0 Å². The third kappa shape index (κ3) is 5.30. The fraction of sp³-hybridized carbons (Fsp3) is 0.565. The number of nitrogens with zero attached hydrogens (tertiary/aromatic N) is 2. The van der Waals surface area contributed by atoms with Crippen LogP contribution in [-0.4, -0.2) is 16.6 Å². The molecule has 1 aromatic carbocycles. The average Bonchev–Trinajstić information content (AvgIpc) is 2.69. The number of ether oxygens (including phenoxy) is 1. The lowest BCUT2D eigenvalue weighted by Crippen LogP contribution is -2.15. The van der Waals surface area contributed by atoms with Crippen LogP contribution in [0, 0.1) is 11.8 Å². The molecule has 3 heteroatoms. The van der Waals surface area contributed by atoms with Crippen molar-refractivity contribution in [2.24, 2.45) is 11.8 Å².